The molecular formula is C18H22N2O3S. The number of nitrogens with one attached hydrogen (secondary N) is 2. The van der Waals surface area contributed by atoms with E-state index in [0.29, 0.717) is 5.69 Å². The van der Waals surface area contributed by atoms with Gasteiger partial charge in [0, 0.05) is 18.2 Å². The summed E-state index contributed by atoms with van der Waals surface area (Å²) < 4.78 is 27.0. The Morgan fingerprint density at radius 1 is 1.00 bits per heavy atom. The van der Waals surface area contributed by atoms with E-state index in [1.165, 1.54) is 0 Å². The second-order valence-corrected chi connectivity index (χ2v) is 7.75. The molecule has 0 aliphatic rings. The lowest BCUT2D eigenvalue weighted by Crippen LogP contribution is -2.23. The van der Waals surface area contributed by atoms with Crippen molar-refractivity contribution in [3.05, 3.63) is 59.7 Å². The van der Waals surface area contributed by atoms with Crippen molar-refractivity contribution < 1.29 is 13.2 Å². The van der Waals surface area contributed by atoms with Crippen LogP contribution in [0.3, 0.4) is 0 Å². The van der Waals surface area contributed by atoms with Crippen LogP contribution in [-0.4, -0.2) is 14.3 Å². The Bertz CT molecular complexity index is 795. The lowest BCUT2D eigenvalue weighted by Gasteiger charge is -2.10. The van der Waals surface area contributed by atoms with Gasteiger partial charge < -0.3 is 5.32 Å². The number of benzene rings is 2. The summed E-state index contributed by atoms with van der Waals surface area (Å²) in [4.78, 5) is 11.9. The van der Waals surface area contributed by atoms with Gasteiger partial charge in [-0.1, -0.05) is 43.7 Å². The van der Waals surface area contributed by atoms with Crippen LogP contribution in [0.25, 0.3) is 0 Å². The minimum atomic E-state index is -3.54. The van der Waals surface area contributed by atoms with E-state index in [1.807, 2.05) is 20.8 Å². The van der Waals surface area contributed by atoms with Gasteiger partial charge in [-0.3, -0.25) is 4.79 Å². The highest BCUT2D eigenvalue weighted by Gasteiger charge is 2.13. The maximum absolute atomic E-state index is 12.2. The quantitative estimate of drug-likeness (QED) is 0.844. The molecule has 2 N–H and O–H groups in total. The first-order valence-corrected chi connectivity index (χ1v) is 9.22. The van der Waals surface area contributed by atoms with Gasteiger partial charge in [-0.25, -0.2) is 13.1 Å². The van der Waals surface area contributed by atoms with Crippen LogP contribution in [0.2, 0.25) is 0 Å². The van der Waals surface area contributed by atoms with Crippen LogP contribution in [0, 0.1) is 12.8 Å². The molecule has 0 spiro atoms. The maximum Gasteiger partial charge on any atom is 0.240 e. The molecule has 6 heteroatoms. The van der Waals surface area contributed by atoms with Crippen LogP contribution in [-0.2, 0) is 21.4 Å². The van der Waals surface area contributed by atoms with Gasteiger partial charge in [0.05, 0.1) is 4.90 Å². The van der Waals surface area contributed by atoms with Crippen molar-refractivity contribution >= 4 is 21.6 Å². The first-order valence-electron chi connectivity index (χ1n) is 7.74. The molecule has 0 radical (unpaired) electrons. The predicted octanol–water partition coefficient (Wildman–Crippen LogP) is 3.07. The van der Waals surface area contributed by atoms with Crippen molar-refractivity contribution in [2.24, 2.45) is 5.92 Å². The summed E-state index contributed by atoms with van der Waals surface area (Å²) in [6, 6.07) is 13.8. The Kier molecular flexibility index (Phi) is 5.75. The van der Waals surface area contributed by atoms with Gasteiger partial charge in [0.1, 0.15) is 0 Å². The van der Waals surface area contributed by atoms with Gasteiger partial charge in [0.2, 0.25) is 15.9 Å². The molecule has 0 aliphatic carbocycles. The molecule has 5 nitrogen and oxygen atoms in total. The number of rotatable bonds is 6. The molecule has 0 saturated carbocycles. The zero-order valence-electron chi connectivity index (χ0n) is 14.0. The number of aryl methyl sites for hydroxylation is 1. The lowest BCUT2D eigenvalue weighted by molar-refractivity contribution is -0.118. The van der Waals surface area contributed by atoms with Gasteiger partial charge in [-0.15, -0.1) is 0 Å². The molecule has 1 amide bonds. The summed E-state index contributed by atoms with van der Waals surface area (Å²) in [6.45, 7) is 5.74. The average molecular weight is 346 g/mol. The highest BCUT2D eigenvalue weighted by atomic mass is 32.2. The van der Waals surface area contributed by atoms with E-state index >= 15 is 0 Å². The van der Waals surface area contributed by atoms with Crippen LogP contribution in [0.15, 0.2) is 53.4 Å². The highest BCUT2D eigenvalue weighted by molar-refractivity contribution is 7.89. The second kappa shape index (κ2) is 7.59. The van der Waals surface area contributed by atoms with Crippen LogP contribution in [0.4, 0.5) is 5.69 Å². The van der Waals surface area contributed by atoms with Crippen molar-refractivity contribution in [3.8, 4) is 0 Å². The van der Waals surface area contributed by atoms with Crippen LogP contribution >= 0.6 is 0 Å². The fraction of sp³-hybridized carbons (Fsp3) is 0.278. The van der Waals surface area contributed by atoms with Crippen molar-refractivity contribution in [2.45, 2.75) is 32.2 Å². The van der Waals surface area contributed by atoms with Gasteiger partial charge in [-0.05, 0) is 36.8 Å². The summed E-state index contributed by atoms with van der Waals surface area (Å²) in [5.74, 6) is -0.145. The van der Waals surface area contributed by atoms with Crippen molar-refractivity contribution in [3.63, 3.8) is 0 Å². The Morgan fingerprint density at radius 3 is 2.12 bits per heavy atom. The third-order valence-corrected chi connectivity index (χ3v) is 4.96. The van der Waals surface area contributed by atoms with Crippen molar-refractivity contribution in [1.82, 2.24) is 4.72 Å². The second-order valence-electron chi connectivity index (χ2n) is 5.98. The number of amides is 1. The third-order valence-electron chi connectivity index (χ3n) is 3.54. The largest absolute Gasteiger partial charge is 0.326 e. The molecule has 2 aromatic carbocycles. The molecule has 2 rings (SSSR count). The normalized spacial score (nSPS) is 11.5. The molecule has 0 heterocycles. The summed E-state index contributed by atoms with van der Waals surface area (Å²) in [7, 11) is -3.54. The van der Waals surface area contributed by atoms with E-state index in [2.05, 4.69) is 10.0 Å². The number of anilines is 1. The first-order chi connectivity index (χ1) is 11.3. The van der Waals surface area contributed by atoms with Gasteiger partial charge in [0.15, 0.2) is 0 Å². The summed E-state index contributed by atoms with van der Waals surface area (Å²) in [6.07, 6.45) is 0. The zero-order chi connectivity index (χ0) is 17.7. The van der Waals surface area contributed by atoms with E-state index < -0.39 is 10.0 Å². The molecule has 0 saturated heterocycles. The van der Waals surface area contributed by atoms with Crippen molar-refractivity contribution in [2.75, 3.05) is 5.32 Å². The Balaban J connectivity index is 1.99. The lowest BCUT2D eigenvalue weighted by atomic mass is 10.2. The van der Waals surface area contributed by atoms with Crippen LogP contribution < -0.4 is 10.0 Å². The fourth-order valence-electron chi connectivity index (χ4n) is 1.97. The molecule has 24 heavy (non-hydrogen) atoms. The summed E-state index contributed by atoms with van der Waals surface area (Å²) in [5, 5.41) is 2.79. The highest BCUT2D eigenvalue weighted by Crippen LogP contribution is 2.13. The third kappa shape index (κ3) is 4.91. The Hall–Kier alpha value is -2.18. The first kappa shape index (κ1) is 18.2. The smallest absolute Gasteiger partial charge is 0.240 e. The number of carbonyl (C=O) groups is 1. The monoisotopic (exact) mass is 346 g/mol. The fourth-order valence-corrected chi connectivity index (χ4v) is 2.99. The van der Waals surface area contributed by atoms with Crippen LogP contribution in [0.5, 0.6) is 0 Å². The molecule has 0 unspecified atom stereocenters. The summed E-state index contributed by atoms with van der Waals surface area (Å²) >= 11 is 0. The van der Waals surface area contributed by atoms with E-state index in [0.717, 1.165) is 11.1 Å². The molecule has 0 aromatic heterocycles. The minimum Gasteiger partial charge on any atom is -0.326 e. The molecule has 0 fully saturated rings. The van der Waals surface area contributed by atoms with E-state index in [9.17, 15) is 13.2 Å². The van der Waals surface area contributed by atoms with E-state index in [-0.39, 0.29) is 23.3 Å². The molecule has 128 valence electrons. The number of sulfonamides is 1. The average Bonchev–Trinajstić information content (AvgIpc) is 2.54. The number of carbonyl (C=O) groups excluding carboxylic acids is 1. The number of hydrogen-bond donors (Lipinski definition) is 2. The van der Waals surface area contributed by atoms with E-state index in [4.69, 9.17) is 0 Å². The SMILES string of the molecule is Cc1ccc(S(=O)(=O)NCc2ccc(NC(=O)C(C)C)cc2)cc1. The van der Waals surface area contributed by atoms with E-state index in [1.54, 1.807) is 48.5 Å². The molecule has 2 aromatic rings. The Labute approximate surface area is 143 Å². The number of hydrogen-bond acceptors (Lipinski definition) is 3. The molecular weight excluding hydrogens is 324 g/mol. The zero-order valence-corrected chi connectivity index (χ0v) is 14.9. The van der Waals surface area contributed by atoms with Crippen LogP contribution in [0.1, 0.15) is 25.0 Å². The molecule has 0 bridgehead atoms. The molecule has 0 atom stereocenters. The topological polar surface area (TPSA) is 75.3 Å². The van der Waals surface area contributed by atoms with Gasteiger partial charge in [0.25, 0.3) is 0 Å². The summed E-state index contributed by atoms with van der Waals surface area (Å²) in [5.41, 5.74) is 2.51. The minimum absolute atomic E-state index is 0.0529. The van der Waals surface area contributed by atoms with Gasteiger partial charge in [-0.2, -0.15) is 0 Å². The molecule has 0 aliphatic heterocycles. The predicted molar refractivity (Wildman–Crippen MR) is 95.1 cm³/mol. The van der Waals surface area contributed by atoms with Gasteiger partial charge >= 0.3 is 0 Å². The van der Waals surface area contributed by atoms with Crippen molar-refractivity contribution in [1.29, 1.82) is 0 Å². The standard InChI is InChI=1S/C18H22N2O3S/c1-13(2)18(21)20-16-8-6-15(7-9-16)12-19-24(22,23)17-10-4-14(3)5-11-17/h4-11,13,19H,12H2,1-3H3,(H,20,21). The maximum atomic E-state index is 12.2. The Morgan fingerprint density at radius 2 is 1.58 bits per heavy atom.